The molecule has 0 aliphatic carbocycles. The molecule has 1 aliphatic rings. The maximum atomic E-state index is 13.8. The van der Waals surface area contributed by atoms with Crippen LogP contribution in [0.3, 0.4) is 0 Å². The smallest absolute Gasteiger partial charge is 0.254 e. The van der Waals surface area contributed by atoms with Crippen LogP contribution in [0.4, 0.5) is 0 Å². The van der Waals surface area contributed by atoms with Gasteiger partial charge in [0.2, 0.25) is 5.91 Å². The van der Waals surface area contributed by atoms with Crippen LogP contribution in [0.15, 0.2) is 60.0 Å². The summed E-state index contributed by atoms with van der Waals surface area (Å²) in [6.07, 6.45) is 1.57. The molecule has 2 heterocycles. The molecular formula is C31H38N2O4S. The second kappa shape index (κ2) is 12.5. The number of benzene rings is 2. The Kier molecular flexibility index (Phi) is 9.10. The number of ether oxygens (including phenoxy) is 2. The molecule has 2 atom stereocenters. The van der Waals surface area contributed by atoms with E-state index in [1.807, 2.05) is 30.9 Å². The van der Waals surface area contributed by atoms with Crippen LogP contribution in [0, 0.1) is 0 Å². The van der Waals surface area contributed by atoms with Crippen molar-refractivity contribution in [1.29, 1.82) is 0 Å². The lowest BCUT2D eigenvalue weighted by Gasteiger charge is -2.38. The van der Waals surface area contributed by atoms with Gasteiger partial charge in [-0.15, -0.1) is 11.3 Å². The number of fused-ring (bicyclic) bond motifs is 1. The number of amides is 2. The molecule has 0 spiro atoms. The van der Waals surface area contributed by atoms with Crippen molar-refractivity contribution in [2.45, 2.75) is 58.5 Å². The van der Waals surface area contributed by atoms with E-state index in [0.717, 1.165) is 24.2 Å². The predicted octanol–water partition coefficient (Wildman–Crippen LogP) is 6.33. The number of carbonyl (C=O) groups is 2. The van der Waals surface area contributed by atoms with Gasteiger partial charge in [-0.05, 0) is 84.7 Å². The number of hydrogen-bond acceptors (Lipinski definition) is 5. The summed E-state index contributed by atoms with van der Waals surface area (Å²) in [6.45, 7) is 9.36. The highest BCUT2D eigenvalue weighted by Crippen LogP contribution is 2.34. The molecule has 0 unspecified atom stereocenters. The highest BCUT2D eigenvalue weighted by atomic mass is 32.1. The van der Waals surface area contributed by atoms with Crippen LogP contribution in [0.5, 0.6) is 11.5 Å². The molecule has 0 bridgehead atoms. The fraction of sp³-hybridized carbons (Fsp3) is 0.419. The third-order valence-electron chi connectivity index (χ3n) is 7.40. The highest BCUT2D eigenvalue weighted by Gasteiger charge is 2.34. The van der Waals surface area contributed by atoms with Gasteiger partial charge in [-0.3, -0.25) is 9.59 Å². The van der Waals surface area contributed by atoms with E-state index < -0.39 is 0 Å². The highest BCUT2D eigenvalue weighted by molar-refractivity contribution is 7.10. The van der Waals surface area contributed by atoms with Crippen LogP contribution in [0.25, 0.3) is 0 Å². The lowest BCUT2D eigenvalue weighted by atomic mass is 10.00. The number of rotatable bonds is 10. The van der Waals surface area contributed by atoms with E-state index in [0.29, 0.717) is 30.4 Å². The Morgan fingerprint density at radius 1 is 1.03 bits per heavy atom. The minimum Gasteiger partial charge on any atom is -0.497 e. The Morgan fingerprint density at radius 2 is 1.71 bits per heavy atom. The van der Waals surface area contributed by atoms with E-state index in [4.69, 9.17) is 9.47 Å². The summed E-state index contributed by atoms with van der Waals surface area (Å²) in [5, 5.41) is 2.09. The maximum absolute atomic E-state index is 13.8. The Bertz CT molecular complexity index is 1220. The molecule has 38 heavy (non-hydrogen) atoms. The number of thiophene rings is 1. The first-order valence-electron chi connectivity index (χ1n) is 13.4. The third kappa shape index (κ3) is 6.21. The molecule has 0 saturated heterocycles. The van der Waals surface area contributed by atoms with E-state index in [-0.39, 0.29) is 30.4 Å². The van der Waals surface area contributed by atoms with Gasteiger partial charge in [-0.25, -0.2) is 0 Å². The summed E-state index contributed by atoms with van der Waals surface area (Å²) in [5.41, 5.74) is 2.95. The van der Waals surface area contributed by atoms with Crippen LogP contribution in [-0.4, -0.2) is 54.5 Å². The minimum absolute atomic E-state index is 0.0267. The van der Waals surface area contributed by atoms with E-state index >= 15 is 0 Å². The minimum atomic E-state index is -0.197. The van der Waals surface area contributed by atoms with Crippen molar-refractivity contribution in [3.05, 3.63) is 81.5 Å². The van der Waals surface area contributed by atoms with Gasteiger partial charge in [0.25, 0.3) is 5.91 Å². The summed E-state index contributed by atoms with van der Waals surface area (Å²) in [4.78, 5) is 32.2. The van der Waals surface area contributed by atoms with Crippen molar-refractivity contribution < 1.29 is 19.1 Å². The molecule has 1 aliphatic heterocycles. The summed E-state index contributed by atoms with van der Waals surface area (Å²) >= 11 is 1.73. The fourth-order valence-corrected chi connectivity index (χ4v) is 5.71. The average molecular weight is 535 g/mol. The molecule has 1 aromatic heterocycles. The van der Waals surface area contributed by atoms with Crippen molar-refractivity contribution in [3.8, 4) is 11.5 Å². The molecule has 0 fully saturated rings. The quantitative estimate of drug-likeness (QED) is 0.305. The Morgan fingerprint density at radius 3 is 2.34 bits per heavy atom. The van der Waals surface area contributed by atoms with Crippen LogP contribution in [-0.2, 0) is 11.2 Å². The van der Waals surface area contributed by atoms with Crippen molar-refractivity contribution >= 4 is 23.2 Å². The zero-order valence-electron chi connectivity index (χ0n) is 23.0. The van der Waals surface area contributed by atoms with Crippen molar-refractivity contribution in [2.24, 2.45) is 0 Å². The summed E-state index contributed by atoms with van der Waals surface area (Å²) in [5.74, 6) is 1.72. The first-order chi connectivity index (χ1) is 18.3. The molecule has 202 valence electrons. The van der Waals surface area contributed by atoms with Gasteiger partial charge in [0.05, 0.1) is 13.2 Å². The number of nitrogens with zero attached hydrogens (tertiary/aromatic N) is 2. The molecule has 0 saturated carbocycles. The second-order valence-corrected chi connectivity index (χ2v) is 11.1. The van der Waals surface area contributed by atoms with Gasteiger partial charge in [-0.1, -0.05) is 32.9 Å². The molecule has 0 N–H and O–H groups in total. The Balaban J connectivity index is 1.52. The molecule has 2 aromatic carbocycles. The predicted molar refractivity (Wildman–Crippen MR) is 152 cm³/mol. The van der Waals surface area contributed by atoms with E-state index in [1.54, 1.807) is 47.6 Å². The Labute approximate surface area is 230 Å². The summed E-state index contributed by atoms with van der Waals surface area (Å²) in [7, 11) is 1.60. The SMILES string of the molecule is CC[C@H](C)N(CC(=O)N1CCc2sccc2[C@H]1COc1ccc(C(C)C)cc1)C(=O)c1ccc(OC)cc1. The van der Waals surface area contributed by atoms with E-state index in [2.05, 4.69) is 37.4 Å². The van der Waals surface area contributed by atoms with Crippen LogP contribution in [0.1, 0.15) is 72.4 Å². The normalized spacial score (nSPS) is 15.6. The average Bonchev–Trinajstić information content (AvgIpc) is 3.43. The van der Waals surface area contributed by atoms with Gasteiger partial charge in [0.15, 0.2) is 0 Å². The number of methoxy groups -OCH3 is 1. The summed E-state index contributed by atoms with van der Waals surface area (Å²) in [6, 6.07) is 17.0. The maximum Gasteiger partial charge on any atom is 0.254 e. The van der Waals surface area contributed by atoms with Gasteiger partial charge in [0, 0.05) is 23.0 Å². The molecule has 3 aromatic rings. The lowest BCUT2D eigenvalue weighted by Crippen LogP contribution is -2.49. The van der Waals surface area contributed by atoms with Crippen LogP contribution < -0.4 is 9.47 Å². The zero-order valence-corrected chi connectivity index (χ0v) is 23.8. The van der Waals surface area contributed by atoms with Crippen molar-refractivity contribution in [2.75, 3.05) is 26.8 Å². The monoisotopic (exact) mass is 534 g/mol. The molecular weight excluding hydrogens is 496 g/mol. The van der Waals surface area contributed by atoms with Crippen LogP contribution in [0.2, 0.25) is 0 Å². The standard InChI is InChI=1S/C31H38N2O4S/c1-6-22(4)33(31(35)24-9-11-25(36-5)12-10-24)19-30(34)32-17-15-29-27(16-18-38-29)28(32)20-37-26-13-7-23(8-14-26)21(2)3/h7-14,16,18,21-22,28H,6,15,17,19-20H2,1-5H3/t22-,28+/m0/s1. The van der Waals surface area contributed by atoms with E-state index in [9.17, 15) is 9.59 Å². The zero-order chi connectivity index (χ0) is 27.2. The number of carbonyl (C=O) groups excluding carboxylic acids is 2. The van der Waals surface area contributed by atoms with Gasteiger partial charge < -0.3 is 19.3 Å². The van der Waals surface area contributed by atoms with Gasteiger partial charge in [-0.2, -0.15) is 0 Å². The molecule has 2 amide bonds. The van der Waals surface area contributed by atoms with Gasteiger partial charge >= 0.3 is 0 Å². The van der Waals surface area contributed by atoms with Gasteiger partial charge in [0.1, 0.15) is 24.7 Å². The fourth-order valence-electron chi connectivity index (χ4n) is 4.78. The first-order valence-corrected chi connectivity index (χ1v) is 14.2. The van der Waals surface area contributed by atoms with Crippen molar-refractivity contribution in [1.82, 2.24) is 9.80 Å². The van der Waals surface area contributed by atoms with E-state index in [1.165, 1.54) is 10.4 Å². The molecule has 7 heteroatoms. The number of hydrogen-bond donors (Lipinski definition) is 0. The molecule has 4 rings (SSSR count). The first kappa shape index (κ1) is 27.7. The second-order valence-electron chi connectivity index (χ2n) is 10.1. The molecule has 6 nitrogen and oxygen atoms in total. The lowest BCUT2D eigenvalue weighted by molar-refractivity contribution is -0.136. The van der Waals surface area contributed by atoms with Crippen molar-refractivity contribution in [3.63, 3.8) is 0 Å². The topological polar surface area (TPSA) is 59.1 Å². The molecule has 0 radical (unpaired) electrons. The third-order valence-corrected chi connectivity index (χ3v) is 8.39. The van der Waals surface area contributed by atoms with Crippen LogP contribution >= 0.6 is 11.3 Å². The largest absolute Gasteiger partial charge is 0.497 e. The Hall–Kier alpha value is -3.32. The summed E-state index contributed by atoms with van der Waals surface area (Å²) < 4.78 is 11.4.